The lowest BCUT2D eigenvalue weighted by Gasteiger charge is -2.15. The largest absolute Gasteiger partial charge is 0.450 e. The predicted molar refractivity (Wildman–Crippen MR) is 66.7 cm³/mol. The average Bonchev–Trinajstić information content (AvgIpc) is 2.59. The van der Waals surface area contributed by atoms with Crippen LogP contribution in [0.15, 0.2) is 19.9 Å². The topological polar surface area (TPSA) is 124 Å². The summed E-state index contributed by atoms with van der Waals surface area (Å²) in [5, 5.41) is 15.4. The van der Waals surface area contributed by atoms with Gasteiger partial charge in [0.2, 0.25) is 11.4 Å². The van der Waals surface area contributed by atoms with Crippen molar-refractivity contribution in [3.05, 3.63) is 17.4 Å². The molecule has 1 heterocycles. The molecule has 0 saturated heterocycles. The van der Waals surface area contributed by atoms with Gasteiger partial charge in [0.1, 0.15) is 5.76 Å². The highest BCUT2D eigenvalue weighted by Crippen LogP contribution is 2.28. The van der Waals surface area contributed by atoms with Crippen LogP contribution in [0.4, 0.5) is 0 Å². The van der Waals surface area contributed by atoms with E-state index in [9.17, 15) is 9.32 Å². The fraction of sp³-hybridized carbons (Fsp3) is 0.600. The maximum absolute atomic E-state index is 12.1. The lowest BCUT2D eigenvalue weighted by atomic mass is 10.00. The molecular weight excluding hydrogens is 258 g/mol. The summed E-state index contributed by atoms with van der Waals surface area (Å²) in [4.78, 5) is 0. The number of hydrogen-bond acceptors (Lipinski definition) is 6. The molecule has 0 fully saturated rings. The van der Waals surface area contributed by atoms with Gasteiger partial charge in [0.05, 0.1) is 5.60 Å². The molecule has 1 rings (SSSR count). The van der Waals surface area contributed by atoms with E-state index in [2.05, 4.69) is 9.10 Å². The quantitative estimate of drug-likeness (QED) is 0.687. The second kappa shape index (κ2) is 4.98. The Hall–Kier alpha value is -0.930. The number of ether oxygens (including phenoxy) is 1. The maximum Gasteiger partial charge on any atom is 0.213 e. The van der Waals surface area contributed by atoms with Gasteiger partial charge in [-0.3, -0.25) is 5.73 Å². The average molecular weight is 277 g/mol. The highest BCUT2D eigenvalue weighted by Gasteiger charge is 2.25. The molecule has 8 heteroatoms. The molecule has 0 amide bonds. The minimum Gasteiger partial charge on any atom is -0.450 e. The summed E-state index contributed by atoms with van der Waals surface area (Å²) in [6.07, 6.45) is -1.10. The molecule has 0 spiro atoms. The Labute approximate surface area is 106 Å². The van der Waals surface area contributed by atoms with Gasteiger partial charge < -0.3 is 14.3 Å². The summed E-state index contributed by atoms with van der Waals surface area (Å²) in [5.74, 6) is 0.428. The lowest BCUT2D eigenvalue weighted by molar-refractivity contribution is 0.0769. The first kappa shape index (κ1) is 15.1. The molecule has 2 atom stereocenters. The van der Waals surface area contributed by atoms with E-state index >= 15 is 0 Å². The number of aryl methyl sites for hydroxylation is 1. The second-order valence-electron chi connectivity index (χ2n) is 4.39. The van der Waals surface area contributed by atoms with E-state index in [4.69, 9.17) is 15.3 Å². The van der Waals surface area contributed by atoms with Gasteiger partial charge in [-0.15, -0.1) is 0 Å². The Kier molecular flexibility index (Phi) is 4.19. The molecule has 0 aromatic carbocycles. The SMILES string of the molecule is COC(N)N=S(N)(=O)c1cc(C(C)(C)O)c(C)o1. The third kappa shape index (κ3) is 3.30. The standard InChI is InChI=1S/C10H19N3O4S/c1-6-7(10(2,3)14)5-8(17-6)18(12,15)13-9(11)16-4/h5,9,14H,11H2,1-4H3,(H2,12,13,15). The van der Waals surface area contributed by atoms with Crippen molar-refractivity contribution in [2.45, 2.75) is 37.8 Å². The smallest absolute Gasteiger partial charge is 0.213 e. The highest BCUT2D eigenvalue weighted by atomic mass is 32.2. The minimum absolute atomic E-state index is 0.0374. The van der Waals surface area contributed by atoms with Crippen LogP contribution in [0.3, 0.4) is 0 Å². The minimum atomic E-state index is -3.29. The van der Waals surface area contributed by atoms with E-state index in [1.54, 1.807) is 20.8 Å². The monoisotopic (exact) mass is 277 g/mol. The van der Waals surface area contributed by atoms with Crippen LogP contribution in [0.25, 0.3) is 0 Å². The van der Waals surface area contributed by atoms with Crippen LogP contribution in [-0.2, 0) is 20.3 Å². The third-order valence-corrected chi connectivity index (χ3v) is 3.64. The molecule has 1 aromatic rings. The van der Waals surface area contributed by atoms with Crippen molar-refractivity contribution in [3.63, 3.8) is 0 Å². The van der Waals surface area contributed by atoms with Crippen molar-refractivity contribution in [1.29, 1.82) is 0 Å². The Morgan fingerprint density at radius 2 is 2.17 bits per heavy atom. The molecule has 7 nitrogen and oxygen atoms in total. The van der Waals surface area contributed by atoms with Crippen molar-refractivity contribution >= 4 is 9.92 Å². The van der Waals surface area contributed by atoms with Gasteiger partial charge in [-0.2, -0.15) is 4.36 Å². The molecule has 2 unspecified atom stereocenters. The molecular formula is C10H19N3O4S. The van der Waals surface area contributed by atoms with Gasteiger partial charge in [-0.25, -0.2) is 9.35 Å². The summed E-state index contributed by atoms with van der Waals surface area (Å²) >= 11 is 0. The van der Waals surface area contributed by atoms with Gasteiger partial charge in [0.15, 0.2) is 9.92 Å². The molecule has 0 saturated carbocycles. The maximum atomic E-state index is 12.1. The summed E-state index contributed by atoms with van der Waals surface area (Å²) < 4.78 is 25.7. The van der Waals surface area contributed by atoms with E-state index in [-0.39, 0.29) is 5.09 Å². The lowest BCUT2D eigenvalue weighted by Crippen LogP contribution is -2.24. The zero-order valence-electron chi connectivity index (χ0n) is 10.8. The van der Waals surface area contributed by atoms with Crippen LogP contribution in [0.2, 0.25) is 0 Å². The predicted octanol–water partition coefficient (Wildman–Crippen LogP) is 0.405. The molecule has 104 valence electrons. The van der Waals surface area contributed by atoms with Crippen LogP contribution in [0.5, 0.6) is 0 Å². The molecule has 0 aliphatic carbocycles. The Morgan fingerprint density at radius 1 is 1.61 bits per heavy atom. The molecule has 18 heavy (non-hydrogen) atoms. The second-order valence-corrected chi connectivity index (χ2v) is 6.15. The first-order chi connectivity index (χ1) is 8.08. The van der Waals surface area contributed by atoms with Crippen molar-refractivity contribution < 1.29 is 18.5 Å². The number of hydrogen-bond donors (Lipinski definition) is 3. The normalized spacial score (nSPS) is 17.3. The zero-order chi connectivity index (χ0) is 14.1. The highest BCUT2D eigenvalue weighted by molar-refractivity contribution is 7.91. The van der Waals surface area contributed by atoms with E-state index in [1.165, 1.54) is 13.2 Å². The number of nitrogens with two attached hydrogens (primary N) is 2. The van der Waals surface area contributed by atoms with Gasteiger partial charge in [-0.05, 0) is 20.8 Å². The molecule has 0 aliphatic rings. The Balaban J connectivity index is 3.29. The first-order valence-electron chi connectivity index (χ1n) is 5.23. The third-order valence-electron chi connectivity index (χ3n) is 2.34. The van der Waals surface area contributed by atoms with Crippen molar-refractivity contribution in [2.24, 2.45) is 15.2 Å². The van der Waals surface area contributed by atoms with Gasteiger partial charge >= 0.3 is 0 Å². The van der Waals surface area contributed by atoms with E-state index < -0.39 is 21.9 Å². The fourth-order valence-corrected chi connectivity index (χ4v) is 2.49. The van der Waals surface area contributed by atoms with Crippen LogP contribution >= 0.6 is 0 Å². The number of furan rings is 1. The number of nitrogens with zero attached hydrogens (tertiary/aromatic N) is 1. The molecule has 5 N–H and O–H groups in total. The fourth-order valence-electron chi connectivity index (χ4n) is 1.46. The molecule has 0 aliphatic heterocycles. The van der Waals surface area contributed by atoms with Crippen molar-refractivity contribution in [2.75, 3.05) is 7.11 Å². The number of methoxy groups -OCH3 is 1. The zero-order valence-corrected chi connectivity index (χ0v) is 11.7. The number of rotatable bonds is 4. The van der Waals surface area contributed by atoms with Gasteiger partial charge in [0, 0.05) is 18.7 Å². The molecule has 1 aromatic heterocycles. The Bertz CT molecular complexity index is 538. The van der Waals surface area contributed by atoms with Crippen LogP contribution in [-0.4, -0.2) is 22.8 Å². The van der Waals surface area contributed by atoms with Crippen LogP contribution < -0.4 is 10.9 Å². The van der Waals surface area contributed by atoms with Crippen LogP contribution in [0, 0.1) is 6.92 Å². The Morgan fingerprint density at radius 3 is 2.56 bits per heavy atom. The van der Waals surface area contributed by atoms with Crippen molar-refractivity contribution in [1.82, 2.24) is 0 Å². The van der Waals surface area contributed by atoms with Gasteiger partial charge in [0.25, 0.3) is 0 Å². The first-order valence-corrected chi connectivity index (χ1v) is 6.81. The van der Waals surface area contributed by atoms with Crippen LogP contribution in [0.1, 0.15) is 25.2 Å². The summed E-state index contributed by atoms with van der Waals surface area (Å²) in [6.45, 7) is 4.82. The number of aliphatic hydroxyl groups is 1. The van der Waals surface area contributed by atoms with Gasteiger partial charge in [-0.1, -0.05) is 0 Å². The van der Waals surface area contributed by atoms with E-state index in [0.717, 1.165) is 0 Å². The summed E-state index contributed by atoms with van der Waals surface area (Å²) in [5.41, 5.74) is 4.76. The van der Waals surface area contributed by atoms with E-state index in [0.29, 0.717) is 11.3 Å². The van der Waals surface area contributed by atoms with E-state index in [1.807, 2.05) is 0 Å². The van der Waals surface area contributed by atoms with Crippen molar-refractivity contribution in [3.8, 4) is 0 Å². The molecule has 0 bridgehead atoms. The summed E-state index contributed by atoms with van der Waals surface area (Å²) in [6, 6.07) is 1.42. The molecule has 0 radical (unpaired) electrons. The summed E-state index contributed by atoms with van der Waals surface area (Å²) in [7, 11) is -1.97.